The average molecular weight is 258 g/mol. The minimum atomic E-state index is -0.974. The average Bonchev–Trinajstić information content (AvgIpc) is 2.80. The van der Waals surface area contributed by atoms with E-state index >= 15 is 0 Å². The van der Waals surface area contributed by atoms with Crippen molar-refractivity contribution in [2.45, 2.75) is 0 Å². The molecule has 0 radical (unpaired) electrons. The molecule has 0 atom stereocenters. The minimum Gasteiger partial charge on any atom is -0.477 e. The van der Waals surface area contributed by atoms with Crippen molar-refractivity contribution in [1.82, 2.24) is 9.88 Å². The monoisotopic (exact) mass is 258 g/mol. The molecule has 0 unspecified atom stereocenters. The topological polar surface area (TPSA) is 71.3 Å². The van der Waals surface area contributed by atoms with E-state index in [0.717, 1.165) is 5.56 Å². The summed E-state index contributed by atoms with van der Waals surface area (Å²) in [7, 11) is 3.25. The number of hydrogen-bond donors (Lipinski definition) is 2. The normalized spacial score (nSPS) is 10.2. The smallest absolute Gasteiger partial charge is 0.353 e. The third kappa shape index (κ3) is 2.35. The number of aromatic carboxylic acids is 1. The summed E-state index contributed by atoms with van der Waals surface area (Å²) in [6.07, 6.45) is 1.70. The molecule has 0 aliphatic heterocycles. The third-order valence-electron chi connectivity index (χ3n) is 2.96. The van der Waals surface area contributed by atoms with Gasteiger partial charge in [0.25, 0.3) is 5.91 Å². The number of carboxylic acid groups (broad SMARTS) is 1. The van der Waals surface area contributed by atoms with Crippen molar-refractivity contribution in [2.24, 2.45) is 7.05 Å². The first-order valence-corrected chi connectivity index (χ1v) is 5.75. The van der Waals surface area contributed by atoms with Crippen molar-refractivity contribution in [2.75, 3.05) is 7.05 Å². The van der Waals surface area contributed by atoms with E-state index in [2.05, 4.69) is 5.32 Å². The molecule has 5 nitrogen and oxygen atoms in total. The van der Waals surface area contributed by atoms with Gasteiger partial charge in [0.2, 0.25) is 0 Å². The lowest BCUT2D eigenvalue weighted by Crippen LogP contribution is -2.17. The number of aromatic nitrogens is 1. The van der Waals surface area contributed by atoms with E-state index in [9.17, 15) is 14.7 Å². The lowest BCUT2D eigenvalue weighted by atomic mass is 10.0. The summed E-state index contributed by atoms with van der Waals surface area (Å²) in [6, 6.07) is 8.58. The predicted octanol–water partition coefficient (Wildman–Crippen LogP) is 1.75. The van der Waals surface area contributed by atoms with E-state index in [1.54, 1.807) is 55.2 Å². The number of carboxylic acids is 1. The Hall–Kier alpha value is -2.56. The van der Waals surface area contributed by atoms with Crippen LogP contribution in [0.1, 0.15) is 20.8 Å². The van der Waals surface area contributed by atoms with Crippen LogP contribution in [0, 0.1) is 0 Å². The molecule has 2 aromatic rings. The largest absolute Gasteiger partial charge is 0.477 e. The number of amides is 1. The standard InChI is InChI=1S/C14H14N2O3/c1-15-13(17)10-5-3-9(4-6-10)11-7-8-16(2)12(11)14(18)19/h3-8H,1-2H3,(H,15,17)(H,18,19). The molecule has 19 heavy (non-hydrogen) atoms. The van der Waals surface area contributed by atoms with Crippen LogP contribution >= 0.6 is 0 Å². The summed E-state index contributed by atoms with van der Waals surface area (Å²) >= 11 is 0. The maximum absolute atomic E-state index is 11.4. The molecule has 1 aromatic carbocycles. The summed E-state index contributed by atoms with van der Waals surface area (Å²) in [5.74, 6) is -1.14. The summed E-state index contributed by atoms with van der Waals surface area (Å²) in [5.41, 5.74) is 2.18. The fraction of sp³-hybridized carbons (Fsp3) is 0.143. The van der Waals surface area contributed by atoms with E-state index in [1.807, 2.05) is 0 Å². The molecular formula is C14H14N2O3. The van der Waals surface area contributed by atoms with Gasteiger partial charge in [-0.3, -0.25) is 4.79 Å². The van der Waals surface area contributed by atoms with Crippen molar-refractivity contribution < 1.29 is 14.7 Å². The molecule has 2 N–H and O–H groups in total. The van der Waals surface area contributed by atoms with Gasteiger partial charge in [-0.1, -0.05) is 12.1 Å². The van der Waals surface area contributed by atoms with Gasteiger partial charge in [0.05, 0.1) is 0 Å². The molecule has 1 aromatic heterocycles. The number of carbonyl (C=O) groups is 2. The summed E-state index contributed by atoms with van der Waals surface area (Å²) in [5, 5.41) is 11.7. The lowest BCUT2D eigenvalue weighted by molar-refractivity contribution is 0.0687. The van der Waals surface area contributed by atoms with Crippen molar-refractivity contribution in [3.8, 4) is 11.1 Å². The number of benzene rings is 1. The summed E-state index contributed by atoms with van der Waals surface area (Å²) in [6.45, 7) is 0. The number of hydrogen-bond acceptors (Lipinski definition) is 2. The van der Waals surface area contributed by atoms with Crippen LogP contribution in [0.3, 0.4) is 0 Å². The highest BCUT2D eigenvalue weighted by molar-refractivity contribution is 5.96. The second-order valence-corrected chi connectivity index (χ2v) is 4.15. The molecule has 0 bridgehead atoms. The first-order chi connectivity index (χ1) is 9.04. The molecule has 5 heteroatoms. The third-order valence-corrected chi connectivity index (χ3v) is 2.96. The number of nitrogens with one attached hydrogen (secondary N) is 1. The highest BCUT2D eigenvalue weighted by Crippen LogP contribution is 2.24. The summed E-state index contributed by atoms with van der Waals surface area (Å²) < 4.78 is 1.56. The van der Waals surface area contributed by atoms with Crippen LogP contribution in [0.15, 0.2) is 36.5 Å². The molecule has 0 fully saturated rings. The molecule has 0 aliphatic rings. The molecule has 1 heterocycles. The maximum Gasteiger partial charge on any atom is 0.353 e. The minimum absolute atomic E-state index is 0.168. The maximum atomic E-state index is 11.4. The highest BCUT2D eigenvalue weighted by atomic mass is 16.4. The van der Waals surface area contributed by atoms with Gasteiger partial charge in [-0.25, -0.2) is 4.79 Å². The van der Waals surface area contributed by atoms with Crippen LogP contribution < -0.4 is 5.32 Å². The van der Waals surface area contributed by atoms with Gasteiger partial charge in [-0.15, -0.1) is 0 Å². The van der Waals surface area contributed by atoms with Crippen molar-refractivity contribution in [3.63, 3.8) is 0 Å². The van der Waals surface area contributed by atoms with E-state index < -0.39 is 5.97 Å². The Morgan fingerprint density at radius 1 is 1.16 bits per heavy atom. The van der Waals surface area contributed by atoms with Crippen LogP contribution in [-0.2, 0) is 7.05 Å². The Bertz CT molecular complexity index is 627. The quantitative estimate of drug-likeness (QED) is 0.881. The first-order valence-electron chi connectivity index (χ1n) is 5.75. The van der Waals surface area contributed by atoms with E-state index in [4.69, 9.17) is 0 Å². The van der Waals surface area contributed by atoms with Crippen molar-refractivity contribution in [3.05, 3.63) is 47.8 Å². The number of carbonyl (C=O) groups excluding carboxylic acids is 1. The zero-order chi connectivity index (χ0) is 14.0. The van der Waals surface area contributed by atoms with Gasteiger partial charge >= 0.3 is 5.97 Å². The van der Waals surface area contributed by atoms with E-state index in [0.29, 0.717) is 11.1 Å². The molecule has 0 spiro atoms. The van der Waals surface area contributed by atoms with Crippen LogP contribution in [0.25, 0.3) is 11.1 Å². The predicted molar refractivity (Wildman–Crippen MR) is 71.2 cm³/mol. The van der Waals surface area contributed by atoms with Gasteiger partial charge in [-0.2, -0.15) is 0 Å². The second kappa shape index (κ2) is 4.97. The Morgan fingerprint density at radius 3 is 2.32 bits per heavy atom. The Balaban J connectivity index is 2.43. The molecule has 98 valence electrons. The van der Waals surface area contributed by atoms with E-state index in [-0.39, 0.29) is 11.6 Å². The number of nitrogens with zero attached hydrogens (tertiary/aromatic N) is 1. The van der Waals surface area contributed by atoms with Crippen molar-refractivity contribution in [1.29, 1.82) is 0 Å². The van der Waals surface area contributed by atoms with Crippen LogP contribution in [0.5, 0.6) is 0 Å². The molecule has 0 saturated heterocycles. The van der Waals surface area contributed by atoms with Gasteiger partial charge < -0.3 is 15.0 Å². The Labute approximate surface area is 110 Å². The fourth-order valence-electron chi connectivity index (χ4n) is 1.97. The van der Waals surface area contributed by atoms with Gasteiger partial charge in [-0.05, 0) is 23.8 Å². The van der Waals surface area contributed by atoms with Crippen LogP contribution in [0.2, 0.25) is 0 Å². The summed E-state index contributed by atoms with van der Waals surface area (Å²) in [4.78, 5) is 22.6. The first kappa shape index (κ1) is 12.9. The molecule has 0 aliphatic carbocycles. The Kier molecular flexibility index (Phi) is 3.37. The molecule has 1 amide bonds. The Morgan fingerprint density at radius 2 is 1.79 bits per heavy atom. The van der Waals surface area contributed by atoms with Crippen molar-refractivity contribution >= 4 is 11.9 Å². The second-order valence-electron chi connectivity index (χ2n) is 4.15. The van der Waals surface area contributed by atoms with Gasteiger partial charge in [0, 0.05) is 31.4 Å². The van der Waals surface area contributed by atoms with Gasteiger partial charge in [0.1, 0.15) is 5.69 Å². The van der Waals surface area contributed by atoms with Gasteiger partial charge in [0.15, 0.2) is 0 Å². The van der Waals surface area contributed by atoms with E-state index in [1.165, 1.54) is 0 Å². The zero-order valence-electron chi connectivity index (χ0n) is 10.7. The van der Waals surface area contributed by atoms with Crippen LogP contribution in [-0.4, -0.2) is 28.6 Å². The van der Waals surface area contributed by atoms with Crippen LogP contribution in [0.4, 0.5) is 0 Å². The number of rotatable bonds is 3. The molecule has 2 rings (SSSR count). The molecule has 0 saturated carbocycles. The zero-order valence-corrected chi connectivity index (χ0v) is 10.7. The highest BCUT2D eigenvalue weighted by Gasteiger charge is 2.15. The fourth-order valence-corrected chi connectivity index (χ4v) is 1.97. The number of aryl methyl sites for hydroxylation is 1. The SMILES string of the molecule is CNC(=O)c1ccc(-c2ccn(C)c2C(=O)O)cc1. The lowest BCUT2D eigenvalue weighted by Gasteiger charge is -2.05. The molecular weight excluding hydrogens is 244 g/mol.